The van der Waals surface area contributed by atoms with Gasteiger partial charge >= 0.3 is 5.97 Å². The monoisotopic (exact) mass is 417 g/mol. The van der Waals surface area contributed by atoms with E-state index in [4.69, 9.17) is 16.3 Å². The van der Waals surface area contributed by atoms with E-state index in [-0.39, 0.29) is 23.2 Å². The lowest BCUT2D eigenvalue weighted by atomic mass is 10.2. The van der Waals surface area contributed by atoms with Gasteiger partial charge in [0, 0.05) is 11.4 Å². The van der Waals surface area contributed by atoms with Gasteiger partial charge in [0.15, 0.2) is 6.61 Å². The molecule has 0 radical (unpaired) electrons. The molecule has 0 saturated carbocycles. The second kappa shape index (κ2) is 9.52. The average Bonchev–Trinajstić information content (AvgIpc) is 3.29. The van der Waals surface area contributed by atoms with Gasteiger partial charge in [0.05, 0.1) is 12.2 Å². The van der Waals surface area contributed by atoms with Gasteiger partial charge in [0.2, 0.25) is 0 Å². The number of carbonyl (C=O) groups excluding carboxylic acids is 2. The summed E-state index contributed by atoms with van der Waals surface area (Å²) >= 11 is 7.97. The molecule has 0 saturated heterocycles. The van der Waals surface area contributed by atoms with E-state index in [1.54, 1.807) is 22.9 Å². The third kappa shape index (κ3) is 5.21. The van der Waals surface area contributed by atoms with Gasteiger partial charge in [0.25, 0.3) is 5.91 Å². The van der Waals surface area contributed by atoms with Crippen molar-refractivity contribution in [3.63, 3.8) is 0 Å². The molecular weight excluding hydrogens is 398 g/mol. The van der Waals surface area contributed by atoms with Crippen molar-refractivity contribution >= 4 is 34.8 Å². The van der Waals surface area contributed by atoms with Gasteiger partial charge in [-0.1, -0.05) is 48.0 Å². The fourth-order valence-electron chi connectivity index (χ4n) is 2.68. The molecule has 1 amide bonds. The van der Waals surface area contributed by atoms with Gasteiger partial charge in [-0.15, -0.1) is 11.3 Å². The van der Waals surface area contributed by atoms with Gasteiger partial charge in [-0.3, -0.25) is 4.79 Å². The van der Waals surface area contributed by atoms with Gasteiger partial charge in [-0.2, -0.15) is 5.10 Å². The van der Waals surface area contributed by atoms with Crippen LogP contribution in [0.3, 0.4) is 0 Å². The molecule has 2 heterocycles. The van der Waals surface area contributed by atoms with Crippen LogP contribution >= 0.6 is 22.9 Å². The first-order chi connectivity index (χ1) is 13.5. The summed E-state index contributed by atoms with van der Waals surface area (Å²) in [5.41, 5.74) is 1.66. The van der Waals surface area contributed by atoms with Crippen LogP contribution in [0.4, 0.5) is 0 Å². The summed E-state index contributed by atoms with van der Waals surface area (Å²) in [6.07, 6.45) is 0.745. The topological polar surface area (TPSA) is 73.2 Å². The molecule has 8 heteroatoms. The molecule has 0 aliphatic carbocycles. The first-order valence-corrected chi connectivity index (χ1v) is 10.0. The lowest BCUT2D eigenvalue weighted by Gasteiger charge is -2.06. The summed E-state index contributed by atoms with van der Waals surface area (Å²) in [4.78, 5) is 25.4. The Hall–Kier alpha value is -2.64. The Morgan fingerprint density at radius 3 is 2.71 bits per heavy atom. The zero-order valence-corrected chi connectivity index (χ0v) is 16.9. The normalized spacial score (nSPS) is 10.6. The van der Waals surface area contributed by atoms with Crippen molar-refractivity contribution in [3.05, 3.63) is 74.7 Å². The number of hydrogen-bond acceptors (Lipinski definition) is 5. The summed E-state index contributed by atoms with van der Waals surface area (Å²) in [5.74, 6) is -1.01. The van der Waals surface area contributed by atoms with E-state index >= 15 is 0 Å². The summed E-state index contributed by atoms with van der Waals surface area (Å²) in [7, 11) is 0. The van der Waals surface area contributed by atoms with E-state index < -0.39 is 5.97 Å². The second-order valence-corrected chi connectivity index (χ2v) is 7.54. The molecule has 1 N–H and O–H groups in total. The van der Waals surface area contributed by atoms with Crippen molar-refractivity contribution in [3.8, 4) is 0 Å². The third-order valence-corrected chi connectivity index (χ3v) is 5.37. The lowest BCUT2D eigenvalue weighted by molar-refractivity contribution is -0.124. The quantitative estimate of drug-likeness (QED) is 0.569. The number of thiophene rings is 1. The molecule has 6 nitrogen and oxygen atoms in total. The van der Waals surface area contributed by atoms with E-state index in [0.29, 0.717) is 18.8 Å². The minimum atomic E-state index is -0.657. The Morgan fingerprint density at radius 1 is 1.21 bits per heavy atom. The highest BCUT2D eigenvalue weighted by molar-refractivity contribution is 7.09. The highest BCUT2D eigenvalue weighted by Crippen LogP contribution is 2.22. The first-order valence-electron chi connectivity index (χ1n) is 8.77. The van der Waals surface area contributed by atoms with E-state index in [1.807, 2.05) is 47.8 Å². The zero-order valence-electron chi connectivity index (χ0n) is 15.4. The number of esters is 1. The largest absolute Gasteiger partial charge is 0.452 e. The van der Waals surface area contributed by atoms with E-state index in [0.717, 1.165) is 12.0 Å². The molecule has 1 aromatic carbocycles. The number of nitrogens with zero attached hydrogens (tertiary/aromatic N) is 2. The molecule has 3 aromatic rings. The van der Waals surface area contributed by atoms with Gasteiger partial charge < -0.3 is 10.1 Å². The predicted octanol–water partition coefficient (Wildman–Crippen LogP) is 3.47. The fraction of sp³-hybridized carbons (Fsp3) is 0.250. The van der Waals surface area contributed by atoms with Crippen LogP contribution in [0.1, 0.15) is 26.5 Å². The Morgan fingerprint density at radius 2 is 2.00 bits per heavy atom. The number of benzene rings is 1. The number of aryl methyl sites for hydroxylation is 1. The number of amides is 1. The average molecular weight is 418 g/mol. The van der Waals surface area contributed by atoms with Crippen molar-refractivity contribution in [2.24, 2.45) is 0 Å². The lowest BCUT2D eigenvalue weighted by Crippen LogP contribution is -2.30. The van der Waals surface area contributed by atoms with Gasteiger partial charge in [0.1, 0.15) is 10.7 Å². The molecule has 0 fully saturated rings. The number of hydrogen-bond donors (Lipinski definition) is 1. The molecule has 0 unspecified atom stereocenters. The van der Waals surface area contributed by atoms with Crippen LogP contribution in [0.15, 0.2) is 47.8 Å². The van der Waals surface area contributed by atoms with Gasteiger partial charge in [-0.25, -0.2) is 9.48 Å². The number of ether oxygens (including phenoxy) is 1. The molecule has 0 aliphatic rings. The summed E-state index contributed by atoms with van der Waals surface area (Å²) in [5, 5.41) is 9.24. The molecule has 28 heavy (non-hydrogen) atoms. The number of rotatable bonds is 8. The highest BCUT2D eigenvalue weighted by Gasteiger charge is 2.22. The molecule has 146 valence electrons. The van der Waals surface area contributed by atoms with Gasteiger partial charge in [-0.05, 0) is 30.4 Å². The van der Waals surface area contributed by atoms with Crippen LogP contribution in [0.25, 0.3) is 0 Å². The Bertz CT molecular complexity index is 939. The van der Waals surface area contributed by atoms with Crippen LogP contribution in [0, 0.1) is 6.92 Å². The summed E-state index contributed by atoms with van der Waals surface area (Å²) < 4.78 is 6.66. The van der Waals surface area contributed by atoms with Crippen molar-refractivity contribution in [2.45, 2.75) is 19.9 Å². The maximum Gasteiger partial charge on any atom is 0.343 e. The van der Waals surface area contributed by atoms with Crippen molar-refractivity contribution in [2.75, 3.05) is 13.2 Å². The second-order valence-electron chi connectivity index (χ2n) is 6.15. The maximum atomic E-state index is 12.4. The molecule has 0 spiro atoms. The van der Waals surface area contributed by atoms with Crippen LogP contribution < -0.4 is 5.32 Å². The minimum absolute atomic E-state index is 0.184. The van der Waals surface area contributed by atoms with Crippen molar-refractivity contribution in [1.29, 1.82) is 0 Å². The van der Waals surface area contributed by atoms with Crippen molar-refractivity contribution < 1.29 is 14.3 Å². The molecule has 3 rings (SSSR count). The van der Waals surface area contributed by atoms with Crippen LogP contribution in [0.5, 0.6) is 0 Å². The summed E-state index contributed by atoms with van der Waals surface area (Å²) in [6, 6.07) is 13.6. The van der Waals surface area contributed by atoms with Crippen molar-refractivity contribution in [1.82, 2.24) is 15.1 Å². The summed E-state index contributed by atoms with van der Waals surface area (Å²) in [6.45, 7) is 2.26. The van der Waals surface area contributed by atoms with E-state index in [2.05, 4.69) is 10.4 Å². The molecular formula is C20H20ClN3O3S. The van der Waals surface area contributed by atoms with Crippen LogP contribution in [-0.2, 0) is 22.5 Å². The van der Waals surface area contributed by atoms with Crippen LogP contribution in [-0.4, -0.2) is 34.8 Å². The zero-order chi connectivity index (χ0) is 19.9. The molecule has 0 aliphatic heterocycles. The predicted molar refractivity (Wildman–Crippen MR) is 109 cm³/mol. The number of nitrogens with one attached hydrogen (secondary N) is 1. The molecule has 2 aromatic heterocycles. The smallest absolute Gasteiger partial charge is 0.343 e. The molecule has 0 atom stereocenters. The Kier molecular flexibility index (Phi) is 6.84. The standard InChI is InChI=1S/C20H20ClN3O3S/c1-14-18(19(21)24(23-14)12-15-6-3-2-4-7-15)20(26)27-13-17(25)22-10-9-16-8-5-11-28-16/h2-8,11H,9-10,12-13H2,1H3,(H,22,25). The Balaban J connectivity index is 1.53. The first kappa shape index (κ1) is 20.1. The highest BCUT2D eigenvalue weighted by atomic mass is 35.5. The third-order valence-electron chi connectivity index (χ3n) is 4.05. The number of carbonyl (C=O) groups is 2. The maximum absolute atomic E-state index is 12.4. The SMILES string of the molecule is Cc1nn(Cc2ccccc2)c(Cl)c1C(=O)OCC(=O)NCCc1cccs1. The fourth-order valence-corrected chi connectivity index (χ4v) is 3.70. The minimum Gasteiger partial charge on any atom is -0.452 e. The van der Waals surface area contributed by atoms with Crippen LogP contribution in [0.2, 0.25) is 5.15 Å². The molecule has 0 bridgehead atoms. The van der Waals surface area contributed by atoms with E-state index in [1.165, 1.54) is 4.88 Å². The Labute approximate surface area is 172 Å². The number of halogens is 1. The van der Waals surface area contributed by atoms with E-state index in [9.17, 15) is 9.59 Å². The number of aromatic nitrogens is 2.